The zero-order valence-electron chi connectivity index (χ0n) is 14.2. The molecule has 0 aliphatic heterocycles. The summed E-state index contributed by atoms with van der Waals surface area (Å²) in [5.74, 6) is 1.000. The number of imidazole rings is 1. The summed E-state index contributed by atoms with van der Waals surface area (Å²) >= 11 is 0. The van der Waals surface area contributed by atoms with Gasteiger partial charge in [0.1, 0.15) is 5.82 Å². The van der Waals surface area contributed by atoms with Crippen molar-refractivity contribution in [3.63, 3.8) is 0 Å². The van der Waals surface area contributed by atoms with E-state index in [2.05, 4.69) is 82.7 Å². The van der Waals surface area contributed by atoms with E-state index in [1.54, 1.807) is 0 Å². The van der Waals surface area contributed by atoms with Crippen molar-refractivity contribution >= 4 is 10.8 Å². The van der Waals surface area contributed by atoms with Crippen LogP contribution in [0.3, 0.4) is 0 Å². The second kappa shape index (κ2) is 5.60. The minimum Gasteiger partial charge on any atom is -0.334 e. The van der Waals surface area contributed by atoms with Gasteiger partial charge in [-0.05, 0) is 17.7 Å². The maximum atomic E-state index is 4.61. The molecule has 2 heterocycles. The van der Waals surface area contributed by atoms with Crippen LogP contribution in [0.2, 0.25) is 0 Å². The fraction of sp³-hybridized carbons (Fsp3) is 0.143. The van der Waals surface area contributed by atoms with E-state index in [-0.39, 0.29) is 0 Å². The highest BCUT2D eigenvalue weighted by molar-refractivity contribution is 5.98. The molecular formula is C21H20N3+. The molecule has 0 bridgehead atoms. The van der Waals surface area contributed by atoms with Gasteiger partial charge in [0.05, 0.1) is 0 Å². The second-order valence-corrected chi connectivity index (χ2v) is 6.19. The lowest BCUT2D eigenvalue weighted by molar-refractivity contribution is -0.603. The second-order valence-electron chi connectivity index (χ2n) is 6.19. The third-order valence-electron chi connectivity index (χ3n) is 4.65. The molecule has 0 amide bonds. The Morgan fingerprint density at radius 1 is 1.00 bits per heavy atom. The van der Waals surface area contributed by atoms with Crippen LogP contribution < -0.4 is 4.57 Å². The molecule has 0 aliphatic rings. The highest BCUT2D eigenvalue weighted by Gasteiger charge is 2.21. The van der Waals surface area contributed by atoms with Gasteiger partial charge in [-0.3, -0.25) is 0 Å². The molecule has 0 unspecified atom stereocenters. The van der Waals surface area contributed by atoms with Gasteiger partial charge in [-0.1, -0.05) is 30.3 Å². The number of hydrogen-bond acceptors (Lipinski definition) is 1. The molecule has 0 saturated heterocycles. The number of fused-ring (bicyclic) bond motifs is 1. The molecule has 4 rings (SSSR count). The Balaban J connectivity index is 2.13. The molecule has 2 aromatic carbocycles. The normalized spacial score (nSPS) is 11.1. The largest absolute Gasteiger partial charge is 0.334 e. The minimum atomic E-state index is 1.000. The number of nitrogens with zero attached hydrogens (tertiary/aromatic N) is 3. The van der Waals surface area contributed by atoms with Gasteiger partial charge in [0.25, 0.3) is 0 Å². The molecule has 0 spiro atoms. The fourth-order valence-corrected chi connectivity index (χ4v) is 3.38. The van der Waals surface area contributed by atoms with E-state index in [4.69, 9.17) is 0 Å². The van der Waals surface area contributed by atoms with Crippen LogP contribution in [0.4, 0.5) is 0 Å². The predicted octanol–water partition coefficient (Wildman–Crippen LogP) is 4.13. The Morgan fingerprint density at radius 2 is 1.79 bits per heavy atom. The van der Waals surface area contributed by atoms with E-state index >= 15 is 0 Å². The number of aryl methyl sites for hydroxylation is 2. The standard InChI is InChI=1S/C21H20N3/c1-15-8-6-7-12-24(15)19-14-17-9-4-5-10-18(17)20(16(19)2)21-22-11-13-23(21)3/h4-14H,1-3H3/q+1. The van der Waals surface area contributed by atoms with Crippen molar-refractivity contribution in [1.82, 2.24) is 9.55 Å². The van der Waals surface area contributed by atoms with E-state index in [0.29, 0.717) is 0 Å². The van der Waals surface area contributed by atoms with E-state index in [1.807, 2.05) is 19.4 Å². The lowest BCUT2D eigenvalue weighted by Crippen LogP contribution is -2.34. The summed E-state index contributed by atoms with van der Waals surface area (Å²) in [6.07, 6.45) is 5.98. The summed E-state index contributed by atoms with van der Waals surface area (Å²) in [4.78, 5) is 4.61. The van der Waals surface area contributed by atoms with Crippen molar-refractivity contribution in [2.45, 2.75) is 13.8 Å². The van der Waals surface area contributed by atoms with Gasteiger partial charge in [-0.2, -0.15) is 4.57 Å². The van der Waals surface area contributed by atoms with Gasteiger partial charge < -0.3 is 4.57 Å². The van der Waals surface area contributed by atoms with Crippen LogP contribution in [0.15, 0.2) is 67.1 Å². The monoisotopic (exact) mass is 314 g/mol. The van der Waals surface area contributed by atoms with Gasteiger partial charge in [0.15, 0.2) is 11.9 Å². The van der Waals surface area contributed by atoms with Crippen molar-refractivity contribution in [1.29, 1.82) is 0 Å². The average Bonchev–Trinajstić information content (AvgIpc) is 3.01. The van der Waals surface area contributed by atoms with Crippen LogP contribution >= 0.6 is 0 Å². The Hall–Kier alpha value is -2.94. The number of hydrogen-bond donors (Lipinski definition) is 0. The number of aromatic nitrogens is 3. The van der Waals surface area contributed by atoms with E-state index in [1.165, 1.54) is 33.3 Å². The first kappa shape index (κ1) is 14.6. The maximum absolute atomic E-state index is 4.61. The average molecular weight is 314 g/mol. The van der Waals surface area contributed by atoms with E-state index < -0.39 is 0 Å². The van der Waals surface area contributed by atoms with Crippen LogP contribution in [0.1, 0.15) is 11.3 Å². The Bertz CT molecular complexity index is 1040. The summed E-state index contributed by atoms with van der Waals surface area (Å²) in [5, 5.41) is 2.47. The molecule has 0 radical (unpaired) electrons. The lowest BCUT2D eigenvalue weighted by atomic mass is 9.97. The van der Waals surface area contributed by atoms with E-state index in [9.17, 15) is 0 Å². The van der Waals surface area contributed by atoms with Crippen molar-refractivity contribution < 1.29 is 4.57 Å². The molecule has 0 aliphatic carbocycles. The molecule has 0 N–H and O–H groups in total. The van der Waals surface area contributed by atoms with Gasteiger partial charge >= 0.3 is 0 Å². The number of rotatable bonds is 2. The molecule has 3 nitrogen and oxygen atoms in total. The molecule has 4 aromatic rings. The third kappa shape index (κ3) is 2.21. The van der Waals surface area contributed by atoms with Crippen LogP contribution in [-0.4, -0.2) is 9.55 Å². The van der Waals surface area contributed by atoms with Crippen molar-refractivity contribution in [2.75, 3.05) is 0 Å². The molecule has 0 atom stereocenters. The summed E-state index contributed by atoms with van der Waals surface area (Å²) in [5.41, 5.74) is 4.85. The van der Waals surface area contributed by atoms with Gasteiger partial charge in [-0.25, -0.2) is 4.98 Å². The van der Waals surface area contributed by atoms with E-state index in [0.717, 1.165) is 5.82 Å². The van der Waals surface area contributed by atoms with Crippen molar-refractivity contribution in [3.05, 3.63) is 78.4 Å². The zero-order chi connectivity index (χ0) is 16.7. The van der Waals surface area contributed by atoms with Crippen molar-refractivity contribution in [3.8, 4) is 17.1 Å². The molecule has 0 fully saturated rings. The summed E-state index contributed by atoms with van der Waals surface area (Å²) in [6.45, 7) is 4.32. The van der Waals surface area contributed by atoms with Gasteiger partial charge in [0.2, 0.25) is 5.69 Å². The SMILES string of the molecule is Cc1c(-[n+]2ccccc2C)cc2ccccc2c1-c1nccn1C. The first-order valence-electron chi connectivity index (χ1n) is 8.14. The number of pyridine rings is 1. The minimum absolute atomic E-state index is 1.000. The predicted molar refractivity (Wildman–Crippen MR) is 97.2 cm³/mol. The Kier molecular flexibility index (Phi) is 3.42. The quantitative estimate of drug-likeness (QED) is 0.510. The summed E-state index contributed by atoms with van der Waals surface area (Å²) in [6, 6.07) is 17.1. The first-order valence-corrected chi connectivity index (χ1v) is 8.14. The molecular weight excluding hydrogens is 294 g/mol. The highest BCUT2D eigenvalue weighted by atomic mass is 15.0. The molecule has 24 heavy (non-hydrogen) atoms. The maximum Gasteiger partial charge on any atom is 0.215 e. The van der Waals surface area contributed by atoms with Crippen LogP contribution in [0, 0.1) is 13.8 Å². The van der Waals surface area contributed by atoms with Gasteiger partial charge in [-0.15, -0.1) is 0 Å². The summed E-state index contributed by atoms with van der Waals surface area (Å²) < 4.78 is 4.33. The van der Waals surface area contributed by atoms with Crippen LogP contribution in [0.5, 0.6) is 0 Å². The van der Waals surface area contributed by atoms with Gasteiger partial charge in [0, 0.05) is 55.7 Å². The topological polar surface area (TPSA) is 21.7 Å². The smallest absolute Gasteiger partial charge is 0.215 e. The number of benzene rings is 2. The molecule has 118 valence electrons. The molecule has 0 saturated carbocycles. The lowest BCUT2D eigenvalue weighted by Gasteiger charge is -2.13. The molecule has 2 aromatic heterocycles. The van der Waals surface area contributed by atoms with Crippen LogP contribution in [0.25, 0.3) is 27.8 Å². The fourth-order valence-electron chi connectivity index (χ4n) is 3.38. The van der Waals surface area contributed by atoms with Crippen LogP contribution in [-0.2, 0) is 7.05 Å². The molecule has 3 heteroatoms. The Morgan fingerprint density at radius 3 is 2.54 bits per heavy atom. The Labute approximate surface area is 141 Å². The first-order chi connectivity index (χ1) is 11.7. The highest BCUT2D eigenvalue weighted by Crippen LogP contribution is 2.33. The zero-order valence-corrected chi connectivity index (χ0v) is 14.2. The van der Waals surface area contributed by atoms with Crippen molar-refractivity contribution in [2.24, 2.45) is 7.05 Å². The third-order valence-corrected chi connectivity index (χ3v) is 4.65. The summed E-state index contributed by atoms with van der Waals surface area (Å²) in [7, 11) is 2.05.